The van der Waals surface area contributed by atoms with Gasteiger partial charge in [0.05, 0.1) is 5.69 Å². The summed E-state index contributed by atoms with van der Waals surface area (Å²) in [6, 6.07) is 0. The van der Waals surface area contributed by atoms with Crippen molar-refractivity contribution in [3.8, 4) is 0 Å². The largest absolute Gasteiger partial charge is 0.299 e. The van der Waals surface area contributed by atoms with Gasteiger partial charge in [0.15, 0.2) is 0 Å². The number of carbonyl (C=O) groups is 1. The lowest BCUT2D eigenvalue weighted by Gasteiger charge is -2.47. The molecule has 1 heterocycles. The van der Waals surface area contributed by atoms with E-state index in [1.807, 2.05) is 0 Å². The van der Waals surface area contributed by atoms with Gasteiger partial charge in [0.25, 0.3) is 0 Å². The van der Waals surface area contributed by atoms with Gasteiger partial charge in [-0.3, -0.25) is 9.48 Å². The van der Waals surface area contributed by atoms with Crippen molar-refractivity contribution in [1.29, 1.82) is 0 Å². The molecule has 2 rings (SSSR count). The molecule has 1 aromatic heterocycles. The van der Waals surface area contributed by atoms with Gasteiger partial charge in [0.2, 0.25) is 0 Å². The number of hydrogen-bond donors (Lipinski definition) is 0. The highest BCUT2D eigenvalue weighted by molar-refractivity contribution is 5.93. The van der Waals surface area contributed by atoms with Crippen molar-refractivity contribution in [2.45, 2.75) is 66.3 Å². The zero-order chi connectivity index (χ0) is 13.5. The molecular formula is C15H24N2O. The molecule has 100 valence electrons. The Kier molecular flexibility index (Phi) is 3.35. The Morgan fingerprint density at radius 3 is 2.28 bits per heavy atom. The molecule has 1 saturated carbocycles. The molecule has 3 nitrogen and oxygen atoms in total. The summed E-state index contributed by atoms with van der Waals surface area (Å²) in [7, 11) is 0. The van der Waals surface area contributed by atoms with Crippen LogP contribution in [0.25, 0.3) is 0 Å². The fraction of sp³-hybridized carbons (Fsp3) is 0.733. The van der Waals surface area contributed by atoms with Crippen molar-refractivity contribution >= 4 is 5.78 Å². The van der Waals surface area contributed by atoms with Gasteiger partial charge in [-0.2, -0.15) is 5.10 Å². The van der Waals surface area contributed by atoms with E-state index in [9.17, 15) is 4.79 Å². The second-order valence-corrected chi connectivity index (χ2v) is 5.44. The van der Waals surface area contributed by atoms with Crippen molar-refractivity contribution < 1.29 is 4.79 Å². The Morgan fingerprint density at radius 1 is 1.28 bits per heavy atom. The van der Waals surface area contributed by atoms with Gasteiger partial charge >= 0.3 is 0 Å². The van der Waals surface area contributed by atoms with Crippen LogP contribution in [0.4, 0.5) is 0 Å². The molecule has 0 N–H and O–H groups in total. The van der Waals surface area contributed by atoms with E-state index in [1.165, 1.54) is 11.3 Å². The molecule has 1 aliphatic rings. The molecule has 0 amide bonds. The quantitative estimate of drug-likeness (QED) is 0.818. The molecule has 0 bridgehead atoms. The third kappa shape index (κ3) is 1.56. The predicted octanol–water partition coefficient (Wildman–Crippen LogP) is 3.38. The second-order valence-electron chi connectivity index (χ2n) is 5.44. The topological polar surface area (TPSA) is 34.9 Å². The van der Waals surface area contributed by atoms with E-state index in [2.05, 4.69) is 44.4 Å². The number of nitrogens with zero attached hydrogens (tertiary/aromatic N) is 2. The van der Waals surface area contributed by atoms with Crippen LogP contribution in [0.2, 0.25) is 0 Å². The summed E-state index contributed by atoms with van der Waals surface area (Å²) < 4.78 is 2.06. The average molecular weight is 248 g/mol. The standard InChI is InChI=1S/C15H24N2O/c1-6-15(7-2)12(9-13(15)18)14-10(4)16-17(8-3)11(14)5/h12H,6-9H2,1-5H3. The van der Waals surface area contributed by atoms with Crippen LogP contribution in [0.3, 0.4) is 0 Å². The highest BCUT2D eigenvalue weighted by Gasteiger charge is 2.53. The Morgan fingerprint density at radius 2 is 1.89 bits per heavy atom. The molecule has 1 aliphatic carbocycles. The van der Waals surface area contributed by atoms with Crippen LogP contribution in [0, 0.1) is 19.3 Å². The van der Waals surface area contributed by atoms with Crippen LogP contribution in [0.15, 0.2) is 0 Å². The lowest BCUT2D eigenvalue weighted by atomic mass is 9.54. The van der Waals surface area contributed by atoms with Crippen molar-refractivity contribution in [2.24, 2.45) is 5.41 Å². The molecule has 0 spiro atoms. The highest BCUT2D eigenvalue weighted by Crippen LogP contribution is 2.55. The van der Waals surface area contributed by atoms with Crippen LogP contribution in [0.5, 0.6) is 0 Å². The van der Waals surface area contributed by atoms with E-state index in [-0.39, 0.29) is 5.41 Å². The first-order chi connectivity index (χ1) is 8.51. The van der Waals surface area contributed by atoms with E-state index < -0.39 is 0 Å². The molecule has 0 saturated heterocycles. The van der Waals surface area contributed by atoms with Crippen molar-refractivity contribution in [1.82, 2.24) is 9.78 Å². The van der Waals surface area contributed by atoms with Crippen molar-refractivity contribution in [2.75, 3.05) is 0 Å². The Balaban J connectivity index is 2.44. The van der Waals surface area contributed by atoms with Gasteiger partial charge in [-0.1, -0.05) is 13.8 Å². The lowest BCUT2D eigenvalue weighted by Crippen LogP contribution is -2.47. The highest BCUT2D eigenvalue weighted by atomic mass is 16.1. The maximum atomic E-state index is 12.1. The number of ketones is 1. The van der Waals surface area contributed by atoms with Crippen LogP contribution in [-0.4, -0.2) is 15.6 Å². The van der Waals surface area contributed by atoms with Gasteiger partial charge < -0.3 is 0 Å². The van der Waals surface area contributed by atoms with E-state index >= 15 is 0 Å². The smallest absolute Gasteiger partial charge is 0.140 e. The minimum atomic E-state index is -0.114. The van der Waals surface area contributed by atoms with E-state index in [0.717, 1.165) is 25.1 Å². The third-order valence-electron chi connectivity index (χ3n) is 4.96. The molecule has 0 aromatic carbocycles. The molecule has 1 fully saturated rings. The second kappa shape index (κ2) is 4.52. The fourth-order valence-corrected chi connectivity index (χ4v) is 3.69. The maximum absolute atomic E-state index is 12.1. The molecule has 1 unspecified atom stereocenters. The summed E-state index contributed by atoms with van der Waals surface area (Å²) in [5.74, 6) is 0.834. The fourth-order valence-electron chi connectivity index (χ4n) is 3.69. The number of aromatic nitrogens is 2. The summed E-state index contributed by atoms with van der Waals surface area (Å²) in [6.45, 7) is 11.5. The molecule has 3 heteroatoms. The Labute approximate surface area is 110 Å². The number of hydrogen-bond acceptors (Lipinski definition) is 2. The summed E-state index contributed by atoms with van der Waals surface area (Å²) >= 11 is 0. The number of carbonyl (C=O) groups excluding carboxylic acids is 1. The van der Waals surface area contributed by atoms with Crippen molar-refractivity contribution in [3.63, 3.8) is 0 Å². The van der Waals surface area contributed by atoms with Gasteiger partial charge in [-0.15, -0.1) is 0 Å². The zero-order valence-electron chi connectivity index (χ0n) is 12.2. The summed E-state index contributed by atoms with van der Waals surface area (Å²) in [6.07, 6.45) is 2.60. The van der Waals surface area contributed by atoms with E-state index in [4.69, 9.17) is 0 Å². The van der Waals surface area contributed by atoms with Crippen molar-refractivity contribution in [3.05, 3.63) is 17.0 Å². The normalized spacial score (nSPS) is 22.1. The molecule has 1 aromatic rings. The molecule has 18 heavy (non-hydrogen) atoms. The van der Waals surface area contributed by atoms with E-state index in [0.29, 0.717) is 18.1 Å². The average Bonchev–Trinajstić information content (AvgIpc) is 2.63. The van der Waals surface area contributed by atoms with Crippen LogP contribution in [0.1, 0.15) is 62.9 Å². The minimum Gasteiger partial charge on any atom is -0.299 e. The predicted molar refractivity (Wildman–Crippen MR) is 72.8 cm³/mol. The molecular weight excluding hydrogens is 224 g/mol. The number of Topliss-reactive ketones (excluding diaryl/α,β-unsaturated/α-hetero) is 1. The van der Waals surface area contributed by atoms with Crippen LogP contribution < -0.4 is 0 Å². The number of rotatable bonds is 4. The molecule has 0 aliphatic heterocycles. The van der Waals surface area contributed by atoms with Gasteiger partial charge in [-0.05, 0) is 33.6 Å². The lowest BCUT2D eigenvalue weighted by molar-refractivity contribution is -0.141. The van der Waals surface area contributed by atoms with Gasteiger partial charge in [-0.25, -0.2) is 0 Å². The summed E-state index contributed by atoms with van der Waals surface area (Å²) in [5, 5.41) is 4.60. The van der Waals surface area contributed by atoms with Crippen LogP contribution >= 0.6 is 0 Å². The Hall–Kier alpha value is -1.12. The zero-order valence-corrected chi connectivity index (χ0v) is 12.2. The first-order valence-corrected chi connectivity index (χ1v) is 7.09. The monoisotopic (exact) mass is 248 g/mol. The molecule has 1 atom stereocenters. The summed E-state index contributed by atoms with van der Waals surface area (Å²) in [5.41, 5.74) is 3.58. The summed E-state index contributed by atoms with van der Waals surface area (Å²) in [4.78, 5) is 12.1. The SMILES string of the molecule is CCn1nc(C)c(C2CC(=O)C2(CC)CC)c1C. The van der Waals surface area contributed by atoms with Gasteiger partial charge in [0.1, 0.15) is 5.78 Å². The van der Waals surface area contributed by atoms with E-state index in [1.54, 1.807) is 0 Å². The number of aryl methyl sites for hydroxylation is 2. The Bertz CT molecular complexity index is 469. The van der Waals surface area contributed by atoms with Gasteiger partial charge in [0, 0.05) is 35.6 Å². The minimum absolute atomic E-state index is 0.114. The third-order valence-corrected chi connectivity index (χ3v) is 4.96. The first-order valence-electron chi connectivity index (χ1n) is 7.09. The molecule has 0 radical (unpaired) electrons. The van der Waals surface area contributed by atoms with Crippen LogP contribution in [-0.2, 0) is 11.3 Å². The first kappa shape index (κ1) is 13.3. The maximum Gasteiger partial charge on any atom is 0.140 e.